The Labute approximate surface area is 105 Å². The highest BCUT2D eigenvalue weighted by atomic mass is 35.5. The number of nitrogens with zero attached hydrogens (tertiary/aromatic N) is 1. The number of nitro groups is 1. The van der Waals surface area contributed by atoms with Crippen LogP contribution in [0.1, 0.15) is 12.0 Å². The molecule has 92 valence electrons. The Kier molecular flexibility index (Phi) is 3.97. The van der Waals surface area contributed by atoms with Gasteiger partial charge in [-0.05, 0) is 12.8 Å². The molecular formula is C12H14ClNO3. The SMILES string of the molecule is O=[N+]([O-])c1ccccc1CC(Cl)C1CCOC1. The van der Waals surface area contributed by atoms with Gasteiger partial charge in [0.2, 0.25) is 0 Å². The average Bonchev–Trinajstić information content (AvgIpc) is 2.83. The maximum absolute atomic E-state index is 10.9. The third-order valence-corrected chi connectivity index (χ3v) is 3.59. The minimum Gasteiger partial charge on any atom is -0.381 e. The fourth-order valence-corrected chi connectivity index (χ4v) is 2.44. The Hall–Kier alpha value is -1.13. The van der Waals surface area contributed by atoms with Crippen LogP contribution in [-0.2, 0) is 11.2 Å². The van der Waals surface area contributed by atoms with Crippen molar-refractivity contribution in [3.8, 4) is 0 Å². The monoisotopic (exact) mass is 255 g/mol. The second-order valence-corrected chi connectivity index (χ2v) is 4.79. The maximum atomic E-state index is 10.9. The van der Waals surface area contributed by atoms with Gasteiger partial charge in [0.15, 0.2) is 0 Å². The third-order valence-electron chi connectivity index (χ3n) is 3.08. The summed E-state index contributed by atoms with van der Waals surface area (Å²) in [6, 6.07) is 6.76. The molecule has 0 aliphatic carbocycles. The molecule has 2 atom stereocenters. The smallest absolute Gasteiger partial charge is 0.272 e. The summed E-state index contributed by atoms with van der Waals surface area (Å²) < 4.78 is 5.28. The van der Waals surface area contributed by atoms with E-state index in [0.29, 0.717) is 24.5 Å². The van der Waals surface area contributed by atoms with Crippen LogP contribution in [0, 0.1) is 16.0 Å². The van der Waals surface area contributed by atoms with Crippen molar-refractivity contribution < 1.29 is 9.66 Å². The molecule has 1 aliphatic rings. The Morgan fingerprint density at radius 2 is 2.29 bits per heavy atom. The lowest BCUT2D eigenvalue weighted by atomic mass is 9.97. The largest absolute Gasteiger partial charge is 0.381 e. The number of hydrogen-bond acceptors (Lipinski definition) is 3. The van der Waals surface area contributed by atoms with Crippen LogP contribution in [0.4, 0.5) is 5.69 Å². The zero-order valence-corrected chi connectivity index (χ0v) is 10.1. The molecule has 1 saturated heterocycles. The van der Waals surface area contributed by atoms with Gasteiger partial charge in [-0.3, -0.25) is 10.1 Å². The first kappa shape index (κ1) is 12.3. The number of para-hydroxylation sites is 1. The Bertz CT molecular complexity index is 404. The third kappa shape index (κ3) is 2.96. The van der Waals surface area contributed by atoms with Gasteiger partial charge in [-0.25, -0.2) is 0 Å². The normalized spacial score (nSPS) is 21.4. The van der Waals surface area contributed by atoms with Crippen LogP contribution in [0.3, 0.4) is 0 Å². The van der Waals surface area contributed by atoms with E-state index in [-0.39, 0.29) is 16.0 Å². The van der Waals surface area contributed by atoms with Gasteiger partial charge in [-0.15, -0.1) is 11.6 Å². The Morgan fingerprint density at radius 3 is 2.94 bits per heavy atom. The summed E-state index contributed by atoms with van der Waals surface area (Å²) in [5.74, 6) is 0.302. The molecule has 1 aromatic rings. The van der Waals surface area contributed by atoms with E-state index in [1.165, 1.54) is 6.07 Å². The first-order valence-electron chi connectivity index (χ1n) is 5.62. The number of hydrogen-bond donors (Lipinski definition) is 0. The molecule has 0 amide bonds. The van der Waals surface area contributed by atoms with Gasteiger partial charge in [0.25, 0.3) is 5.69 Å². The second kappa shape index (κ2) is 5.47. The molecule has 1 aromatic carbocycles. The topological polar surface area (TPSA) is 52.4 Å². The van der Waals surface area contributed by atoms with E-state index in [9.17, 15) is 10.1 Å². The van der Waals surface area contributed by atoms with Crippen molar-refractivity contribution in [2.45, 2.75) is 18.2 Å². The molecule has 0 bridgehead atoms. The van der Waals surface area contributed by atoms with Gasteiger partial charge in [0, 0.05) is 29.5 Å². The van der Waals surface area contributed by atoms with Crippen LogP contribution >= 0.6 is 11.6 Å². The number of rotatable bonds is 4. The highest BCUT2D eigenvalue weighted by Gasteiger charge is 2.26. The quantitative estimate of drug-likeness (QED) is 0.472. The van der Waals surface area contributed by atoms with E-state index in [2.05, 4.69) is 0 Å². The highest BCUT2D eigenvalue weighted by Crippen LogP contribution is 2.27. The fraction of sp³-hybridized carbons (Fsp3) is 0.500. The highest BCUT2D eigenvalue weighted by molar-refractivity contribution is 6.21. The molecule has 2 rings (SSSR count). The number of ether oxygens (including phenoxy) is 1. The van der Waals surface area contributed by atoms with Crippen molar-refractivity contribution in [1.82, 2.24) is 0 Å². The van der Waals surface area contributed by atoms with Crippen LogP contribution in [0.5, 0.6) is 0 Å². The molecule has 0 radical (unpaired) electrons. The minimum absolute atomic E-state index is 0.0985. The molecule has 5 heteroatoms. The summed E-state index contributed by atoms with van der Waals surface area (Å²) in [4.78, 5) is 10.5. The molecular weight excluding hydrogens is 242 g/mol. The molecule has 0 aromatic heterocycles. The van der Waals surface area contributed by atoms with Crippen molar-refractivity contribution >= 4 is 17.3 Å². The van der Waals surface area contributed by atoms with Crippen molar-refractivity contribution in [3.05, 3.63) is 39.9 Å². The average molecular weight is 256 g/mol. The lowest BCUT2D eigenvalue weighted by molar-refractivity contribution is -0.385. The zero-order chi connectivity index (χ0) is 12.3. The van der Waals surface area contributed by atoms with Gasteiger partial charge in [-0.2, -0.15) is 0 Å². The van der Waals surface area contributed by atoms with E-state index < -0.39 is 0 Å². The Balaban J connectivity index is 2.09. The van der Waals surface area contributed by atoms with Gasteiger partial charge < -0.3 is 4.74 Å². The number of halogens is 1. The summed E-state index contributed by atoms with van der Waals surface area (Å²) in [6.07, 6.45) is 1.46. The number of benzene rings is 1. The fourth-order valence-electron chi connectivity index (χ4n) is 2.08. The first-order valence-corrected chi connectivity index (χ1v) is 6.06. The lowest BCUT2D eigenvalue weighted by Crippen LogP contribution is -2.18. The van der Waals surface area contributed by atoms with Crippen LogP contribution in [0.15, 0.2) is 24.3 Å². The summed E-state index contributed by atoms with van der Waals surface area (Å²) in [7, 11) is 0. The van der Waals surface area contributed by atoms with Crippen molar-refractivity contribution in [3.63, 3.8) is 0 Å². The number of nitro benzene ring substituents is 1. The summed E-state index contributed by atoms with van der Waals surface area (Å²) in [5, 5.41) is 10.8. The summed E-state index contributed by atoms with van der Waals surface area (Å²) in [5.41, 5.74) is 0.849. The zero-order valence-electron chi connectivity index (χ0n) is 9.34. The van der Waals surface area contributed by atoms with Gasteiger partial charge >= 0.3 is 0 Å². The standard InChI is InChI=1S/C12H14ClNO3/c13-11(10-5-6-17-8-10)7-9-3-1-2-4-12(9)14(15)16/h1-4,10-11H,5-8H2. The van der Waals surface area contributed by atoms with Gasteiger partial charge in [-0.1, -0.05) is 18.2 Å². The van der Waals surface area contributed by atoms with Crippen LogP contribution in [-0.4, -0.2) is 23.5 Å². The lowest BCUT2D eigenvalue weighted by Gasteiger charge is -2.15. The van der Waals surface area contributed by atoms with E-state index in [1.54, 1.807) is 18.2 Å². The first-order chi connectivity index (χ1) is 8.18. The summed E-state index contributed by atoms with van der Waals surface area (Å²) in [6.45, 7) is 1.40. The van der Waals surface area contributed by atoms with Crippen molar-refractivity contribution in [1.29, 1.82) is 0 Å². The number of alkyl halides is 1. The maximum Gasteiger partial charge on any atom is 0.272 e. The van der Waals surface area contributed by atoms with E-state index in [1.807, 2.05) is 0 Å². The van der Waals surface area contributed by atoms with Crippen molar-refractivity contribution in [2.24, 2.45) is 5.92 Å². The van der Waals surface area contributed by atoms with E-state index in [4.69, 9.17) is 16.3 Å². The van der Waals surface area contributed by atoms with E-state index >= 15 is 0 Å². The molecule has 1 fully saturated rings. The van der Waals surface area contributed by atoms with Crippen LogP contribution < -0.4 is 0 Å². The molecule has 4 nitrogen and oxygen atoms in total. The molecule has 2 unspecified atom stereocenters. The van der Waals surface area contributed by atoms with E-state index in [0.717, 1.165) is 13.0 Å². The predicted molar refractivity (Wildman–Crippen MR) is 65.4 cm³/mol. The Morgan fingerprint density at radius 1 is 1.53 bits per heavy atom. The molecule has 1 aliphatic heterocycles. The van der Waals surface area contributed by atoms with Crippen molar-refractivity contribution in [2.75, 3.05) is 13.2 Å². The van der Waals surface area contributed by atoms with Crippen LogP contribution in [0.25, 0.3) is 0 Å². The van der Waals surface area contributed by atoms with Gasteiger partial charge in [0.05, 0.1) is 11.5 Å². The molecule has 0 N–H and O–H groups in total. The van der Waals surface area contributed by atoms with Crippen LogP contribution in [0.2, 0.25) is 0 Å². The predicted octanol–water partition coefficient (Wildman–Crippen LogP) is 2.78. The second-order valence-electron chi connectivity index (χ2n) is 4.23. The summed E-state index contributed by atoms with van der Waals surface area (Å²) >= 11 is 6.30. The molecule has 0 saturated carbocycles. The molecule has 1 heterocycles. The minimum atomic E-state index is -0.357. The van der Waals surface area contributed by atoms with Gasteiger partial charge in [0.1, 0.15) is 0 Å². The molecule has 17 heavy (non-hydrogen) atoms. The molecule has 0 spiro atoms.